The van der Waals surface area contributed by atoms with Crippen molar-refractivity contribution in [1.29, 1.82) is 5.26 Å². The number of hydrogen-bond acceptors (Lipinski definition) is 2. The largest absolute Gasteiger partial charge is 0.256 e. The monoisotopic (exact) mass is 472 g/mol. The van der Waals surface area contributed by atoms with Gasteiger partial charge in [0.05, 0.1) is 17.3 Å². The lowest BCUT2D eigenvalue weighted by Crippen LogP contribution is -2.18. The highest BCUT2D eigenvalue weighted by Gasteiger charge is 2.40. The Morgan fingerprint density at radius 1 is 0.622 bits per heavy atom. The molecule has 0 atom stereocenters. The maximum Gasteiger partial charge on any atom is 0.0998 e. The zero-order valence-electron chi connectivity index (χ0n) is 20.8. The van der Waals surface area contributed by atoms with Crippen LogP contribution in [-0.4, -0.2) is 4.98 Å². The molecule has 0 bridgehead atoms. The molecule has 1 heterocycles. The van der Waals surface area contributed by atoms with Gasteiger partial charge in [-0.1, -0.05) is 92.7 Å². The molecule has 0 radical (unpaired) electrons. The number of hydrogen-bond donors (Lipinski definition) is 0. The van der Waals surface area contributed by atoms with Crippen LogP contribution in [0.4, 0.5) is 0 Å². The Hall–Kier alpha value is -4.74. The molecule has 0 fully saturated rings. The van der Waals surface area contributed by atoms with E-state index >= 15 is 0 Å². The van der Waals surface area contributed by atoms with Crippen molar-refractivity contribution >= 4 is 21.5 Å². The molecule has 37 heavy (non-hydrogen) atoms. The topological polar surface area (TPSA) is 36.7 Å². The Morgan fingerprint density at radius 2 is 1.32 bits per heavy atom. The van der Waals surface area contributed by atoms with Crippen LogP contribution in [-0.2, 0) is 5.41 Å². The first-order chi connectivity index (χ1) is 18.1. The van der Waals surface area contributed by atoms with Gasteiger partial charge < -0.3 is 0 Å². The molecule has 0 spiro atoms. The van der Waals surface area contributed by atoms with E-state index in [-0.39, 0.29) is 5.41 Å². The van der Waals surface area contributed by atoms with E-state index in [1.165, 1.54) is 43.8 Å². The van der Waals surface area contributed by atoms with Gasteiger partial charge in [0.15, 0.2) is 0 Å². The normalized spacial score (nSPS) is 13.3. The standard InChI is InChI=1S/C35H24N2/c1-35(2)33-27(14-9-15-29(33)31-16-7-8-19-37-31)28-18-17-23(21-36)32(34(28)35)30-20-22-10-3-4-11-24(22)25-12-5-6-13-26(25)30/h3-20H,1-2H3. The van der Waals surface area contributed by atoms with Crippen LogP contribution in [0.15, 0.2) is 109 Å². The molecule has 0 amide bonds. The van der Waals surface area contributed by atoms with Crippen molar-refractivity contribution in [3.05, 3.63) is 126 Å². The third kappa shape index (κ3) is 3.01. The van der Waals surface area contributed by atoms with Gasteiger partial charge in [0.1, 0.15) is 0 Å². The van der Waals surface area contributed by atoms with E-state index in [0.29, 0.717) is 5.56 Å². The molecule has 6 aromatic rings. The van der Waals surface area contributed by atoms with Crippen LogP contribution in [0.1, 0.15) is 30.5 Å². The molecule has 5 aromatic carbocycles. The number of benzene rings is 5. The lowest BCUT2D eigenvalue weighted by Gasteiger charge is -2.27. The molecular formula is C35H24N2. The zero-order chi connectivity index (χ0) is 25.1. The van der Waals surface area contributed by atoms with E-state index in [2.05, 4.69) is 105 Å². The molecule has 7 rings (SSSR count). The number of fused-ring (bicyclic) bond motifs is 6. The molecule has 0 saturated heterocycles. The van der Waals surface area contributed by atoms with Crippen molar-refractivity contribution in [2.24, 2.45) is 0 Å². The second kappa shape index (κ2) is 7.88. The first-order valence-corrected chi connectivity index (χ1v) is 12.6. The van der Waals surface area contributed by atoms with E-state index < -0.39 is 0 Å². The Morgan fingerprint density at radius 3 is 2.11 bits per heavy atom. The summed E-state index contributed by atoms with van der Waals surface area (Å²) in [5, 5.41) is 15.1. The minimum atomic E-state index is -0.326. The Labute approximate surface area is 216 Å². The average Bonchev–Trinajstić information content (AvgIpc) is 3.19. The molecule has 0 N–H and O–H groups in total. The molecule has 1 aliphatic carbocycles. The molecule has 174 valence electrons. The number of nitriles is 1. The number of pyridine rings is 1. The highest BCUT2D eigenvalue weighted by Crippen LogP contribution is 2.56. The lowest BCUT2D eigenvalue weighted by atomic mass is 9.75. The molecule has 2 heteroatoms. The molecular weight excluding hydrogens is 448 g/mol. The summed E-state index contributed by atoms with van der Waals surface area (Å²) in [6.45, 7) is 4.58. The van der Waals surface area contributed by atoms with Gasteiger partial charge in [-0.3, -0.25) is 4.98 Å². The quantitative estimate of drug-likeness (QED) is 0.236. The summed E-state index contributed by atoms with van der Waals surface area (Å²) in [6, 6.07) is 38.6. The Balaban J connectivity index is 1.60. The van der Waals surface area contributed by atoms with Gasteiger partial charge in [0.25, 0.3) is 0 Å². The predicted molar refractivity (Wildman–Crippen MR) is 152 cm³/mol. The fourth-order valence-corrected chi connectivity index (χ4v) is 6.42. The second-order valence-electron chi connectivity index (χ2n) is 10.3. The van der Waals surface area contributed by atoms with Gasteiger partial charge in [-0.15, -0.1) is 0 Å². The van der Waals surface area contributed by atoms with Gasteiger partial charge in [0.2, 0.25) is 0 Å². The minimum absolute atomic E-state index is 0.326. The Kier molecular flexibility index (Phi) is 4.59. The van der Waals surface area contributed by atoms with Crippen molar-refractivity contribution in [3.63, 3.8) is 0 Å². The summed E-state index contributed by atoms with van der Waals surface area (Å²) in [5.74, 6) is 0. The molecule has 0 unspecified atom stereocenters. The molecule has 2 nitrogen and oxygen atoms in total. The third-order valence-corrected chi connectivity index (χ3v) is 7.91. The summed E-state index contributed by atoms with van der Waals surface area (Å²) >= 11 is 0. The summed E-state index contributed by atoms with van der Waals surface area (Å²) in [5.41, 5.74) is 9.55. The highest BCUT2D eigenvalue weighted by molar-refractivity contribution is 6.15. The summed E-state index contributed by atoms with van der Waals surface area (Å²) < 4.78 is 0. The fraction of sp³-hybridized carbons (Fsp3) is 0.0857. The maximum atomic E-state index is 10.4. The van der Waals surface area contributed by atoms with Crippen LogP contribution >= 0.6 is 0 Å². The van der Waals surface area contributed by atoms with Crippen LogP contribution in [0, 0.1) is 11.3 Å². The summed E-state index contributed by atoms with van der Waals surface area (Å²) in [4.78, 5) is 4.69. The van der Waals surface area contributed by atoms with Crippen LogP contribution in [0.25, 0.3) is 55.1 Å². The van der Waals surface area contributed by atoms with E-state index in [4.69, 9.17) is 4.98 Å². The van der Waals surface area contributed by atoms with E-state index in [9.17, 15) is 5.26 Å². The van der Waals surface area contributed by atoms with Crippen molar-refractivity contribution in [1.82, 2.24) is 4.98 Å². The molecule has 1 aliphatic rings. The van der Waals surface area contributed by atoms with Gasteiger partial charge in [0, 0.05) is 22.7 Å². The molecule has 1 aromatic heterocycles. The van der Waals surface area contributed by atoms with Gasteiger partial charge in [-0.25, -0.2) is 0 Å². The average molecular weight is 473 g/mol. The van der Waals surface area contributed by atoms with E-state index in [0.717, 1.165) is 22.4 Å². The predicted octanol–water partition coefficient (Wildman–Crippen LogP) is 8.90. The number of rotatable bonds is 2. The van der Waals surface area contributed by atoms with Crippen LogP contribution in [0.2, 0.25) is 0 Å². The minimum Gasteiger partial charge on any atom is -0.256 e. The zero-order valence-corrected chi connectivity index (χ0v) is 20.8. The van der Waals surface area contributed by atoms with E-state index in [1.54, 1.807) is 0 Å². The Bertz CT molecular complexity index is 1910. The fourth-order valence-electron chi connectivity index (χ4n) is 6.42. The molecule has 0 saturated carbocycles. The third-order valence-electron chi connectivity index (χ3n) is 7.91. The van der Waals surface area contributed by atoms with E-state index in [1.807, 2.05) is 24.4 Å². The van der Waals surface area contributed by atoms with Crippen LogP contribution < -0.4 is 0 Å². The van der Waals surface area contributed by atoms with Crippen molar-refractivity contribution in [3.8, 4) is 39.6 Å². The lowest BCUT2D eigenvalue weighted by molar-refractivity contribution is 0.663. The first-order valence-electron chi connectivity index (χ1n) is 12.6. The van der Waals surface area contributed by atoms with Crippen molar-refractivity contribution in [2.45, 2.75) is 19.3 Å². The molecule has 0 aliphatic heterocycles. The van der Waals surface area contributed by atoms with Crippen molar-refractivity contribution in [2.75, 3.05) is 0 Å². The maximum absolute atomic E-state index is 10.4. The SMILES string of the molecule is CC1(C)c2c(-c3ccccn3)cccc2-c2ccc(C#N)c(-c3cc4ccccc4c4ccccc34)c21. The highest BCUT2D eigenvalue weighted by atomic mass is 14.7. The van der Waals surface area contributed by atoms with Crippen LogP contribution in [0.5, 0.6) is 0 Å². The van der Waals surface area contributed by atoms with Crippen LogP contribution in [0.3, 0.4) is 0 Å². The van der Waals surface area contributed by atoms with Crippen molar-refractivity contribution < 1.29 is 0 Å². The van der Waals surface area contributed by atoms with Gasteiger partial charge in [-0.05, 0) is 73.6 Å². The van der Waals surface area contributed by atoms with Gasteiger partial charge in [-0.2, -0.15) is 5.26 Å². The summed E-state index contributed by atoms with van der Waals surface area (Å²) in [6.07, 6.45) is 1.85. The number of nitrogens with zero attached hydrogens (tertiary/aromatic N) is 2. The second-order valence-corrected chi connectivity index (χ2v) is 10.3. The first kappa shape index (κ1) is 21.5. The smallest absolute Gasteiger partial charge is 0.0998 e. The summed E-state index contributed by atoms with van der Waals surface area (Å²) in [7, 11) is 0. The number of aromatic nitrogens is 1. The van der Waals surface area contributed by atoms with Gasteiger partial charge >= 0.3 is 0 Å².